The molecule has 0 aromatic heterocycles. The molecule has 2 saturated carbocycles. The van der Waals surface area contributed by atoms with Crippen molar-refractivity contribution >= 4 is 0 Å². The maximum Gasteiger partial charge on any atom is 0.0490 e. The lowest BCUT2D eigenvalue weighted by molar-refractivity contribution is 0.105. The van der Waals surface area contributed by atoms with Gasteiger partial charge in [0.1, 0.15) is 0 Å². The molecular weight excluding hydrogens is 138 g/mol. The van der Waals surface area contributed by atoms with E-state index in [0.717, 1.165) is 18.8 Å². The molecule has 0 aromatic rings. The third-order valence-corrected chi connectivity index (χ3v) is 3.66. The first-order valence-corrected chi connectivity index (χ1v) is 4.63. The molecule has 0 heterocycles. The van der Waals surface area contributed by atoms with Gasteiger partial charge in [0.2, 0.25) is 0 Å². The lowest BCUT2D eigenvalue weighted by Gasteiger charge is -2.26. The van der Waals surface area contributed by atoms with Gasteiger partial charge in [0, 0.05) is 12.6 Å². The summed E-state index contributed by atoms with van der Waals surface area (Å²) in [6, 6.07) is 0.368. The zero-order chi connectivity index (χ0) is 7.90. The number of aliphatic hydroxyl groups excluding tert-OH is 1. The molecule has 2 aliphatic carbocycles. The Balaban J connectivity index is 2.15. The van der Waals surface area contributed by atoms with Crippen LogP contribution < -0.4 is 5.73 Å². The first-order valence-electron chi connectivity index (χ1n) is 4.63. The molecule has 3 N–H and O–H groups in total. The van der Waals surface area contributed by atoms with Crippen molar-refractivity contribution in [3.8, 4) is 0 Å². The Labute approximate surface area is 67.8 Å². The molecule has 0 aromatic carbocycles. The SMILES string of the molecule is N[C@H]1C[C@H]2CCC[C@@]2(CO)C1. The van der Waals surface area contributed by atoms with E-state index in [4.69, 9.17) is 5.73 Å². The fraction of sp³-hybridized carbons (Fsp3) is 1.00. The van der Waals surface area contributed by atoms with Crippen LogP contribution in [0.25, 0.3) is 0 Å². The minimum atomic E-state index is 0.249. The van der Waals surface area contributed by atoms with Crippen LogP contribution in [0, 0.1) is 11.3 Å². The Morgan fingerprint density at radius 3 is 3.00 bits per heavy atom. The molecule has 0 aliphatic heterocycles. The van der Waals surface area contributed by atoms with Gasteiger partial charge in [-0.3, -0.25) is 0 Å². The van der Waals surface area contributed by atoms with Gasteiger partial charge in [-0.15, -0.1) is 0 Å². The molecular formula is C9H17NO. The summed E-state index contributed by atoms with van der Waals surface area (Å²) >= 11 is 0. The molecule has 2 nitrogen and oxygen atoms in total. The van der Waals surface area contributed by atoms with Crippen LogP contribution in [0.3, 0.4) is 0 Å². The number of fused-ring (bicyclic) bond motifs is 1. The monoisotopic (exact) mass is 155 g/mol. The van der Waals surface area contributed by atoms with Gasteiger partial charge in [-0.2, -0.15) is 0 Å². The van der Waals surface area contributed by atoms with Crippen molar-refractivity contribution in [2.24, 2.45) is 17.1 Å². The largest absolute Gasteiger partial charge is 0.396 e. The number of rotatable bonds is 1. The minimum absolute atomic E-state index is 0.249. The summed E-state index contributed by atoms with van der Waals surface area (Å²) in [5, 5.41) is 9.29. The lowest BCUT2D eigenvalue weighted by atomic mass is 9.81. The van der Waals surface area contributed by atoms with Crippen molar-refractivity contribution in [1.82, 2.24) is 0 Å². The molecule has 0 spiro atoms. The molecule has 2 heteroatoms. The van der Waals surface area contributed by atoms with Crippen LogP contribution in [-0.2, 0) is 0 Å². The van der Waals surface area contributed by atoms with E-state index in [-0.39, 0.29) is 5.41 Å². The average Bonchev–Trinajstić information content (AvgIpc) is 2.43. The maximum atomic E-state index is 9.29. The molecule has 11 heavy (non-hydrogen) atoms. The summed E-state index contributed by atoms with van der Waals surface area (Å²) in [6.07, 6.45) is 6.03. The van der Waals surface area contributed by atoms with E-state index in [1.165, 1.54) is 19.3 Å². The van der Waals surface area contributed by atoms with E-state index in [9.17, 15) is 5.11 Å². The Hall–Kier alpha value is -0.0800. The van der Waals surface area contributed by atoms with E-state index >= 15 is 0 Å². The van der Waals surface area contributed by atoms with Gasteiger partial charge in [-0.05, 0) is 37.0 Å². The summed E-state index contributed by atoms with van der Waals surface area (Å²) in [5.41, 5.74) is 6.12. The van der Waals surface area contributed by atoms with Crippen molar-refractivity contribution in [2.45, 2.75) is 38.1 Å². The van der Waals surface area contributed by atoms with Gasteiger partial charge in [-0.1, -0.05) is 6.42 Å². The van der Waals surface area contributed by atoms with Crippen LogP contribution in [-0.4, -0.2) is 17.8 Å². The summed E-state index contributed by atoms with van der Waals surface area (Å²) < 4.78 is 0. The highest BCUT2D eigenvalue weighted by Crippen LogP contribution is 2.53. The van der Waals surface area contributed by atoms with Gasteiger partial charge in [0.25, 0.3) is 0 Å². The van der Waals surface area contributed by atoms with Crippen LogP contribution in [0.1, 0.15) is 32.1 Å². The highest BCUT2D eigenvalue weighted by Gasteiger charge is 2.48. The fourth-order valence-corrected chi connectivity index (χ4v) is 3.09. The molecule has 64 valence electrons. The molecule has 0 amide bonds. The van der Waals surface area contributed by atoms with Crippen molar-refractivity contribution in [3.05, 3.63) is 0 Å². The smallest absolute Gasteiger partial charge is 0.0490 e. The van der Waals surface area contributed by atoms with Crippen LogP contribution in [0.4, 0.5) is 0 Å². The van der Waals surface area contributed by atoms with Gasteiger partial charge < -0.3 is 10.8 Å². The molecule has 3 atom stereocenters. The summed E-state index contributed by atoms with van der Waals surface area (Å²) in [4.78, 5) is 0. The predicted octanol–water partition coefficient (Wildman–Crippen LogP) is 0.886. The molecule has 0 saturated heterocycles. The van der Waals surface area contributed by atoms with Crippen molar-refractivity contribution in [3.63, 3.8) is 0 Å². The van der Waals surface area contributed by atoms with Gasteiger partial charge >= 0.3 is 0 Å². The van der Waals surface area contributed by atoms with Crippen LogP contribution in [0.2, 0.25) is 0 Å². The zero-order valence-corrected chi connectivity index (χ0v) is 6.92. The molecule has 2 rings (SSSR count). The van der Waals surface area contributed by atoms with Gasteiger partial charge in [-0.25, -0.2) is 0 Å². The lowest BCUT2D eigenvalue weighted by Crippen LogP contribution is -2.26. The summed E-state index contributed by atoms with van der Waals surface area (Å²) in [6.45, 7) is 0.366. The Bertz CT molecular complexity index is 160. The van der Waals surface area contributed by atoms with E-state index in [1.54, 1.807) is 0 Å². The van der Waals surface area contributed by atoms with Crippen LogP contribution in [0.15, 0.2) is 0 Å². The molecule has 0 radical (unpaired) electrons. The zero-order valence-electron chi connectivity index (χ0n) is 6.92. The second-order valence-electron chi connectivity index (χ2n) is 4.31. The van der Waals surface area contributed by atoms with E-state index in [1.807, 2.05) is 0 Å². The molecule has 0 unspecified atom stereocenters. The number of aliphatic hydroxyl groups is 1. The van der Waals surface area contributed by atoms with Gasteiger partial charge in [0.05, 0.1) is 0 Å². The number of nitrogens with two attached hydrogens (primary N) is 1. The van der Waals surface area contributed by atoms with Crippen molar-refractivity contribution in [2.75, 3.05) is 6.61 Å². The molecule has 2 aliphatic rings. The fourth-order valence-electron chi connectivity index (χ4n) is 3.09. The first kappa shape index (κ1) is 7.56. The van der Waals surface area contributed by atoms with E-state index < -0.39 is 0 Å². The van der Waals surface area contributed by atoms with Crippen molar-refractivity contribution < 1.29 is 5.11 Å². The predicted molar refractivity (Wildman–Crippen MR) is 44.1 cm³/mol. The Kier molecular flexibility index (Phi) is 1.69. The quantitative estimate of drug-likeness (QED) is 0.590. The highest BCUT2D eigenvalue weighted by atomic mass is 16.3. The average molecular weight is 155 g/mol. The second kappa shape index (κ2) is 2.46. The minimum Gasteiger partial charge on any atom is -0.396 e. The van der Waals surface area contributed by atoms with Crippen LogP contribution >= 0.6 is 0 Å². The van der Waals surface area contributed by atoms with E-state index in [2.05, 4.69) is 0 Å². The van der Waals surface area contributed by atoms with Crippen LogP contribution in [0.5, 0.6) is 0 Å². The summed E-state index contributed by atoms with van der Waals surface area (Å²) in [7, 11) is 0. The highest BCUT2D eigenvalue weighted by molar-refractivity contribution is 5.00. The Morgan fingerprint density at radius 1 is 1.55 bits per heavy atom. The Morgan fingerprint density at radius 2 is 2.36 bits per heavy atom. The normalized spacial score (nSPS) is 49.6. The third kappa shape index (κ3) is 1.00. The standard InChI is InChI=1S/C9H17NO/c10-8-4-7-2-1-3-9(7,5-8)6-11/h7-8,11H,1-6,10H2/t7-,8+,9+/m1/s1. The molecule has 2 fully saturated rings. The first-order chi connectivity index (χ1) is 5.27. The van der Waals surface area contributed by atoms with E-state index in [0.29, 0.717) is 12.6 Å². The summed E-state index contributed by atoms with van der Waals surface area (Å²) in [5.74, 6) is 0.738. The third-order valence-electron chi connectivity index (χ3n) is 3.66. The molecule has 0 bridgehead atoms. The topological polar surface area (TPSA) is 46.2 Å². The number of hydrogen-bond acceptors (Lipinski definition) is 2. The number of hydrogen-bond donors (Lipinski definition) is 2. The second-order valence-corrected chi connectivity index (χ2v) is 4.31. The maximum absolute atomic E-state index is 9.29. The van der Waals surface area contributed by atoms with Gasteiger partial charge in [0.15, 0.2) is 0 Å². The van der Waals surface area contributed by atoms with Crippen molar-refractivity contribution in [1.29, 1.82) is 0 Å².